The lowest BCUT2D eigenvalue weighted by molar-refractivity contribution is -0.138. The van der Waals surface area contributed by atoms with Crippen LogP contribution in [-0.2, 0) is 4.79 Å². The Morgan fingerprint density at radius 2 is 2.14 bits per heavy atom. The van der Waals surface area contributed by atoms with E-state index in [0.717, 1.165) is 42.7 Å². The molecule has 2 N–H and O–H groups in total. The predicted octanol–water partition coefficient (Wildman–Crippen LogP) is 2.63. The topological polar surface area (TPSA) is 79.5 Å². The van der Waals surface area contributed by atoms with Crippen LogP contribution in [-0.4, -0.2) is 31.2 Å². The molecule has 6 nitrogen and oxygen atoms in total. The number of fused-ring (bicyclic) bond motifs is 1. The maximum Gasteiger partial charge on any atom is 0.305 e. The Morgan fingerprint density at radius 1 is 1.38 bits per heavy atom. The van der Waals surface area contributed by atoms with Gasteiger partial charge < -0.3 is 10.4 Å². The first-order valence-corrected chi connectivity index (χ1v) is 7.38. The molecule has 1 aliphatic rings. The van der Waals surface area contributed by atoms with Gasteiger partial charge in [0.25, 0.3) is 0 Å². The smallest absolute Gasteiger partial charge is 0.305 e. The molecule has 2 aromatic heterocycles. The fourth-order valence-corrected chi connectivity index (χ4v) is 3.28. The lowest BCUT2D eigenvalue weighted by atomic mass is 9.79. The molecule has 2 heterocycles. The summed E-state index contributed by atoms with van der Waals surface area (Å²) in [6.45, 7) is 2.00. The van der Waals surface area contributed by atoms with Crippen molar-refractivity contribution in [2.45, 2.75) is 51.0 Å². The minimum absolute atomic E-state index is 0.136. The van der Waals surface area contributed by atoms with Crippen LogP contribution in [0.2, 0.25) is 0 Å². The largest absolute Gasteiger partial charge is 0.481 e. The van der Waals surface area contributed by atoms with Crippen molar-refractivity contribution < 1.29 is 9.90 Å². The second-order valence-electron chi connectivity index (χ2n) is 5.98. The highest BCUT2D eigenvalue weighted by molar-refractivity contribution is 5.69. The van der Waals surface area contributed by atoms with Gasteiger partial charge in [-0.15, -0.1) is 0 Å². The van der Waals surface area contributed by atoms with E-state index in [0.29, 0.717) is 0 Å². The van der Waals surface area contributed by atoms with Crippen LogP contribution < -0.4 is 5.32 Å². The van der Waals surface area contributed by atoms with E-state index < -0.39 is 5.97 Å². The summed E-state index contributed by atoms with van der Waals surface area (Å²) in [5.74, 6) is 0.0672. The van der Waals surface area contributed by atoms with Crippen molar-refractivity contribution in [1.82, 2.24) is 14.6 Å². The predicted molar refractivity (Wildman–Crippen MR) is 79.4 cm³/mol. The van der Waals surface area contributed by atoms with Gasteiger partial charge in [-0.1, -0.05) is 19.3 Å². The van der Waals surface area contributed by atoms with Crippen LogP contribution in [0.3, 0.4) is 0 Å². The number of anilines is 1. The number of nitrogens with zero attached hydrogens (tertiary/aromatic N) is 3. The van der Waals surface area contributed by atoms with Gasteiger partial charge in [-0.3, -0.25) is 4.79 Å². The average Bonchev–Trinajstić information content (AvgIpc) is 2.86. The third kappa shape index (κ3) is 2.84. The molecule has 0 saturated heterocycles. The third-order valence-electron chi connectivity index (χ3n) is 4.22. The van der Waals surface area contributed by atoms with Gasteiger partial charge in [-0.2, -0.15) is 9.61 Å². The van der Waals surface area contributed by atoms with Crippen molar-refractivity contribution in [1.29, 1.82) is 0 Å². The van der Waals surface area contributed by atoms with Crippen molar-refractivity contribution in [3.8, 4) is 0 Å². The van der Waals surface area contributed by atoms with Gasteiger partial charge in [0, 0.05) is 5.54 Å². The van der Waals surface area contributed by atoms with Crippen LogP contribution in [0.15, 0.2) is 18.5 Å². The molecule has 21 heavy (non-hydrogen) atoms. The number of aromatic nitrogens is 3. The maximum absolute atomic E-state index is 11.3. The summed E-state index contributed by atoms with van der Waals surface area (Å²) in [6.07, 6.45) is 6.71. The zero-order valence-electron chi connectivity index (χ0n) is 12.2. The fraction of sp³-hybridized carbons (Fsp3) is 0.533. The molecule has 0 amide bonds. The van der Waals surface area contributed by atoms with Gasteiger partial charge in [-0.25, -0.2) is 4.98 Å². The van der Waals surface area contributed by atoms with Crippen LogP contribution >= 0.6 is 0 Å². The Labute approximate surface area is 123 Å². The van der Waals surface area contributed by atoms with E-state index in [1.165, 1.54) is 12.7 Å². The molecular formula is C15H20N4O2. The molecule has 1 saturated carbocycles. The zero-order chi connectivity index (χ0) is 14.9. The standard InChI is InChI=1S/C15H20N4O2/c1-11-7-12-16-10-17-19(12)13(8-11)18-15(9-14(20)21)5-3-2-4-6-15/h7-8,10,18H,2-6,9H2,1H3,(H,20,21). The molecule has 0 radical (unpaired) electrons. The first-order valence-electron chi connectivity index (χ1n) is 7.38. The Kier molecular flexibility index (Phi) is 3.53. The number of pyridine rings is 1. The highest BCUT2D eigenvalue weighted by Gasteiger charge is 2.35. The Bertz CT molecular complexity index is 659. The fourth-order valence-electron chi connectivity index (χ4n) is 3.28. The minimum Gasteiger partial charge on any atom is -0.481 e. The number of rotatable bonds is 4. The SMILES string of the molecule is Cc1cc(NC2(CC(=O)O)CCCCC2)n2ncnc2c1. The number of hydrogen-bond acceptors (Lipinski definition) is 4. The van der Waals surface area contributed by atoms with Gasteiger partial charge in [0.05, 0.1) is 6.42 Å². The van der Waals surface area contributed by atoms with Gasteiger partial charge in [0.1, 0.15) is 12.1 Å². The van der Waals surface area contributed by atoms with Gasteiger partial charge in [-0.05, 0) is 37.5 Å². The highest BCUT2D eigenvalue weighted by Crippen LogP contribution is 2.34. The van der Waals surface area contributed by atoms with Gasteiger partial charge in [0.15, 0.2) is 5.65 Å². The molecule has 0 atom stereocenters. The number of nitrogens with one attached hydrogen (secondary N) is 1. The molecule has 0 bridgehead atoms. The molecule has 1 aliphatic carbocycles. The molecule has 112 valence electrons. The number of aryl methyl sites for hydroxylation is 1. The van der Waals surface area contributed by atoms with E-state index in [9.17, 15) is 9.90 Å². The molecular weight excluding hydrogens is 268 g/mol. The highest BCUT2D eigenvalue weighted by atomic mass is 16.4. The monoisotopic (exact) mass is 288 g/mol. The van der Waals surface area contributed by atoms with Crippen molar-refractivity contribution in [3.63, 3.8) is 0 Å². The molecule has 2 aromatic rings. The van der Waals surface area contributed by atoms with Crippen LogP contribution in [0.4, 0.5) is 5.82 Å². The van der Waals surface area contributed by atoms with Crippen LogP contribution in [0.25, 0.3) is 5.65 Å². The van der Waals surface area contributed by atoms with Crippen LogP contribution in [0.5, 0.6) is 0 Å². The van der Waals surface area contributed by atoms with E-state index in [4.69, 9.17) is 0 Å². The first-order chi connectivity index (χ1) is 10.1. The van der Waals surface area contributed by atoms with Crippen LogP contribution in [0, 0.1) is 6.92 Å². The summed E-state index contributed by atoms with van der Waals surface area (Å²) >= 11 is 0. The average molecular weight is 288 g/mol. The summed E-state index contributed by atoms with van der Waals surface area (Å²) < 4.78 is 1.74. The molecule has 0 aliphatic heterocycles. The van der Waals surface area contributed by atoms with E-state index >= 15 is 0 Å². The van der Waals surface area contributed by atoms with E-state index in [1.807, 2.05) is 19.1 Å². The normalized spacial score (nSPS) is 17.8. The summed E-state index contributed by atoms with van der Waals surface area (Å²) in [5, 5.41) is 17.0. The second kappa shape index (κ2) is 5.35. The van der Waals surface area contributed by atoms with Crippen molar-refractivity contribution in [2.24, 2.45) is 0 Å². The lowest BCUT2D eigenvalue weighted by Gasteiger charge is -2.37. The summed E-state index contributed by atoms with van der Waals surface area (Å²) in [6, 6.07) is 3.96. The first kappa shape index (κ1) is 13.9. The number of hydrogen-bond donors (Lipinski definition) is 2. The summed E-state index contributed by atoms with van der Waals surface area (Å²) in [4.78, 5) is 15.5. The Morgan fingerprint density at radius 3 is 2.86 bits per heavy atom. The second-order valence-corrected chi connectivity index (χ2v) is 5.98. The molecule has 0 unspecified atom stereocenters. The quantitative estimate of drug-likeness (QED) is 0.904. The summed E-state index contributed by atoms with van der Waals surface area (Å²) in [7, 11) is 0. The zero-order valence-corrected chi connectivity index (χ0v) is 12.2. The van der Waals surface area contributed by atoms with E-state index in [1.54, 1.807) is 4.52 Å². The third-order valence-corrected chi connectivity index (χ3v) is 4.22. The van der Waals surface area contributed by atoms with Crippen LogP contribution in [0.1, 0.15) is 44.1 Å². The molecule has 1 fully saturated rings. The Hall–Kier alpha value is -2.11. The maximum atomic E-state index is 11.3. The lowest BCUT2D eigenvalue weighted by Crippen LogP contribution is -2.42. The number of carbonyl (C=O) groups is 1. The van der Waals surface area contributed by atoms with Gasteiger partial charge >= 0.3 is 5.97 Å². The van der Waals surface area contributed by atoms with E-state index in [2.05, 4.69) is 15.4 Å². The number of carboxylic acids is 1. The van der Waals surface area contributed by atoms with Gasteiger partial charge in [0.2, 0.25) is 0 Å². The van der Waals surface area contributed by atoms with Crippen molar-refractivity contribution in [2.75, 3.05) is 5.32 Å². The number of carboxylic acid groups (broad SMARTS) is 1. The molecule has 0 aromatic carbocycles. The van der Waals surface area contributed by atoms with Crippen molar-refractivity contribution >= 4 is 17.4 Å². The number of aliphatic carboxylic acids is 1. The molecule has 3 rings (SSSR count). The molecule has 0 spiro atoms. The summed E-state index contributed by atoms with van der Waals surface area (Å²) in [5.41, 5.74) is 1.48. The Balaban J connectivity index is 1.97. The van der Waals surface area contributed by atoms with Crippen molar-refractivity contribution in [3.05, 3.63) is 24.0 Å². The minimum atomic E-state index is -0.758. The molecule has 6 heteroatoms. The van der Waals surface area contributed by atoms with E-state index in [-0.39, 0.29) is 12.0 Å².